The Hall–Kier alpha value is -1.94. The number of nitrogens with one attached hydrogen (secondary N) is 1. The van der Waals surface area contributed by atoms with Gasteiger partial charge in [0.05, 0.1) is 24.7 Å². The van der Waals surface area contributed by atoms with Crippen LogP contribution in [0.4, 0.5) is 0 Å². The molecule has 0 aliphatic carbocycles. The average Bonchev–Trinajstić information content (AvgIpc) is 2.73. The summed E-state index contributed by atoms with van der Waals surface area (Å²) in [4.78, 5) is 12.6. The molecule has 29 heavy (non-hydrogen) atoms. The number of morpholine rings is 1. The van der Waals surface area contributed by atoms with Crippen molar-refractivity contribution in [3.05, 3.63) is 58.1 Å². The second-order valence-corrected chi connectivity index (χ2v) is 9.29. The number of amides is 1. The van der Waals surface area contributed by atoms with E-state index in [9.17, 15) is 13.2 Å². The Labute approximate surface area is 179 Å². The summed E-state index contributed by atoms with van der Waals surface area (Å²) < 4.78 is 38.5. The summed E-state index contributed by atoms with van der Waals surface area (Å²) in [6.45, 7) is 3.87. The van der Waals surface area contributed by atoms with E-state index in [0.717, 1.165) is 11.3 Å². The molecule has 1 fully saturated rings. The van der Waals surface area contributed by atoms with E-state index in [4.69, 9.17) is 9.47 Å². The largest absolute Gasteiger partial charge is 0.491 e. The number of rotatable bonds is 7. The Morgan fingerprint density at radius 2 is 1.93 bits per heavy atom. The van der Waals surface area contributed by atoms with Crippen LogP contribution in [0.1, 0.15) is 15.9 Å². The predicted octanol–water partition coefficient (Wildman–Crippen LogP) is 2.59. The molecule has 2 aromatic rings. The normalized spacial score (nSPS) is 15.1. The van der Waals surface area contributed by atoms with E-state index in [-0.39, 0.29) is 16.4 Å². The minimum Gasteiger partial charge on any atom is -0.491 e. The van der Waals surface area contributed by atoms with E-state index in [1.54, 1.807) is 12.1 Å². The Morgan fingerprint density at radius 3 is 2.66 bits per heavy atom. The molecule has 1 heterocycles. The Kier molecular flexibility index (Phi) is 7.28. The van der Waals surface area contributed by atoms with E-state index in [1.807, 2.05) is 31.2 Å². The van der Waals surface area contributed by atoms with Gasteiger partial charge in [-0.05, 0) is 52.7 Å². The van der Waals surface area contributed by atoms with E-state index in [0.29, 0.717) is 43.9 Å². The number of sulfonamides is 1. The molecule has 0 spiro atoms. The van der Waals surface area contributed by atoms with Gasteiger partial charge >= 0.3 is 0 Å². The zero-order valence-corrected chi connectivity index (χ0v) is 18.5. The fourth-order valence-electron chi connectivity index (χ4n) is 2.91. The SMILES string of the molecule is Cc1ccccc1OCCNC(=O)c1ccc(Br)c(S(=O)(=O)N2CCOCC2)c1. The van der Waals surface area contributed by atoms with Gasteiger partial charge in [0.15, 0.2) is 0 Å². The van der Waals surface area contributed by atoms with Crippen LogP contribution in [-0.2, 0) is 14.8 Å². The third-order valence-corrected chi connectivity index (χ3v) is 7.41. The van der Waals surface area contributed by atoms with Crippen LogP contribution in [0.5, 0.6) is 5.75 Å². The zero-order chi connectivity index (χ0) is 20.9. The lowest BCUT2D eigenvalue weighted by Gasteiger charge is -2.26. The van der Waals surface area contributed by atoms with Gasteiger partial charge in [-0.3, -0.25) is 4.79 Å². The molecule has 0 aromatic heterocycles. The lowest BCUT2D eigenvalue weighted by atomic mass is 10.2. The number of para-hydroxylation sites is 1. The minimum atomic E-state index is -3.71. The number of hydrogen-bond acceptors (Lipinski definition) is 5. The Bertz CT molecular complexity index is 975. The second kappa shape index (κ2) is 9.71. The van der Waals surface area contributed by atoms with Crippen molar-refractivity contribution in [1.29, 1.82) is 0 Å². The van der Waals surface area contributed by atoms with Crippen molar-refractivity contribution in [2.75, 3.05) is 39.5 Å². The number of carbonyl (C=O) groups excluding carboxylic acids is 1. The molecule has 1 N–H and O–H groups in total. The number of aryl methyl sites for hydroxylation is 1. The summed E-state index contributed by atoms with van der Waals surface area (Å²) in [6.07, 6.45) is 0. The molecule has 2 aromatic carbocycles. The fourth-order valence-corrected chi connectivity index (χ4v) is 5.27. The van der Waals surface area contributed by atoms with Crippen LogP contribution >= 0.6 is 15.9 Å². The molecule has 1 aliphatic rings. The molecule has 0 radical (unpaired) electrons. The van der Waals surface area contributed by atoms with Crippen LogP contribution in [-0.4, -0.2) is 58.1 Å². The van der Waals surface area contributed by atoms with Crippen LogP contribution < -0.4 is 10.1 Å². The van der Waals surface area contributed by atoms with E-state index in [1.165, 1.54) is 10.4 Å². The first kappa shape index (κ1) is 21.8. The Morgan fingerprint density at radius 1 is 1.21 bits per heavy atom. The number of carbonyl (C=O) groups is 1. The van der Waals surface area contributed by atoms with Crippen LogP contribution in [0.2, 0.25) is 0 Å². The number of ether oxygens (including phenoxy) is 2. The van der Waals surface area contributed by atoms with Gasteiger partial charge in [0, 0.05) is 23.1 Å². The fraction of sp³-hybridized carbons (Fsp3) is 0.350. The zero-order valence-electron chi connectivity index (χ0n) is 16.1. The summed E-state index contributed by atoms with van der Waals surface area (Å²) in [5.41, 5.74) is 1.29. The molecular formula is C20H23BrN2O5S. The van der Waals surface area contributed by atoms with Gasteiger partial charge in [-0.25, -0.2) is 8.42 Å². The summed E-state index contributed by atoms with van der Waals surface area (Å²) in [7, 11) is -3.71. The monoisotopic (exact) mass is 482 g/mol. The summed E-state index contributed by atoms with van der Waals surface area (Å²) in [5, 5.41) is 2.76. The average molecular weight is 483 g/mol. The third kappa shape index (κ3) is 5.36. The van der Waals surface area contributed by atoms with Gasteiger partial charge in [-0.15, -0.1) is 0 Å². The van der Waals surface area contributed by atoms with Crippen LogP contribution in [0.3, 0.4) is 0 Å². The Balaban J connectivity index is 1.64. The van der Waals surface area contributed by atoms with E-state index in [2.05, 4.69) is 21.2 Å². The number of nitrogens with zero attached hydrogens (tertiary/aromatic N) is 1. The molecule has 1 amide bonds. The number of hydrogen-bond donors (Lipinski definition) is 1. The van der Waals surface area contributed by atoms with Crippen molar-refractivity contribution in [2.45, 2.75) is 11.8 Å². The maximum Gasteiger partial charge on any atom is 0.251 e. The van der Waals surface area contributed by atoms with Gasteiger partial charge in [-0.1, -0.05) is 18.2 Å². The molecule has 1 saturated heterocycles. The van der Waals surface area contributed by atoms with Crippen molar-refractivity contribution in [2.24, 2.45) is 0 Å². The van der Waals surface area contributed by atoms with Crippen LogP contribution in [0, 0.1) is 6.92 Å². The standard InChI is InChI=1S/C20H23BrN2O5S/c1-15-4-2-3-5-18(15)28-11-8-22-20(24)16-6-7-17(21)19(14-16)29(25,26)23-9-12-27-13-10-23/h2-7,14H,8-13H2,1H3,(H,22,24). The minimum absolute atomic E-state index is 0.0724. The smallest absolute Gasteiger partial charge is 0.251 e. The van der Waals surface area contributed by atoms with Crippen molar-refractivity contribution < 1.29 is 22.7 Å². The molecule has 7 nitrogen and oxygen atoms in total. The quantitative estimate of drug-likeness (QED) is 0.613. The molecule has 0 unspecified atom stereocenters. The first-order valence-electron chi connectivity index (χ1n) is 9.23. The van der Waals surface area contributed by atoms with Crippen molar-refractivity contribution in [1.82, 2.24) is 9.62 Å². The molecule has 0 bridgehead atoms. The molecule has 0 saturated carbocycles. The lowest BCUT2D eigenvalue weighted by Crippen LogP contribution is -2.40. The highest BCUT2D eigenvalue weighted by Gasteiger charge is 2.28. The first-order valence-corrected chi connectivity index (χ1v) is 11.5. The third-order valence-electron chi connectivity index (χ3n) is 4.52. The molecule has 156 valence electrons. The molecule has 0 atom stereocenters. The molecule has 9 heteroatoms. The summed E-state index contributed by atoms with van der Waals surface area (Å²) >= 11 is 3.29. The van der Waals surface area contributed by atoms with Crippen molar-refractivity contribution in [3.63, 3.8) is 0 Å². The highest BCUT2D eigenvalue weighted by atomic mass is 79.9. The molecule has 1 aliphatic heterocycles. The van der Waals surface area contributed by atoms with Crippen molar-refractivity contribution >= 4 is 31.9 Å². The maximum absolute atomic E-state index is 12.9. The lowest BCUT2D eigenvalue weighted by molar-refractivity contribution is 0.0730. The van der Waals surface area contributed by atoms with E-state index >= 15 is 0 Å². The second-order valence-electron chi connectivity index (χ2n) is 6.53. The topological polar surface area (TPSA) is 84.9 Å². The molecule has 3 rings (SSSR count). The van der Waals surface area contributed by atoms with Gasteiger partial charge in [0.1, 0.15) is 12.4 Å². The molecular weight excluding hydrogens is 460 g/mol. The van der Waals surface area contributed by atoms with Gasteiger partial charge in [-0.2, -0.15) is 4.31 Å². The van der Waals surface area contributed by atoms with Crippen molar-refractivity contribution in [3.8, 4) is 5.75 Å². The number of halogens is 1. The summed E-state index contributed by atoms with van der Waals surface area (Å²) in [6, 6.07) is 12.2. The predicted molar refractivity (Wildman–Crippen MR) is 113 cm³/mol. The highest BCUT2D eigenvalue weighted by Crippen LogP contribution is 2.27. The van der Waals surface area contributed by atoms with Crippen LogP contribution in [0.15, 0.2) is 51.8 Å². The van der Waals surface area contributed by atoms with Gasteiger partial charge in [0.2, 0.25) is 10.0 Å². The first-order chi connectivity index (χ1) is 13.9. The highest BCUT2D eigenvalue weighted by molar-refractivity contribution is 9.10. The maximum atomic E-state index is 12.9. The van der Waals surface area contributed by atoms with Crippen LogP contribution in [0.25, 0.3) is 0 Å². The van der Waals surface area contributed by atoms with Gasteiger partial charge in [0.25, 0.3) is 5.91 Å². The van der Waals surface area contributed by atoms with E-state index < -0.39 is 10.0 Å². The summed E-state index contributed by atoms with van der Waals surface area (Å²) in [5.74, 6) is 0.411. The number of benzene rings is 2. The van der Waals surface area contributed by atoms with Gasteiger partial charge < -0.3 is 14.8 Å².